The second kappa shape index (κ2) is 5.72. The number of benzene rings is 1. The lowest BCUT2D eigenvalue weighted by Crippen LogP contribution is -2.24. The van der Waals surface area contributed by atoms with Crippen molar-refractivity contribution in [3.05, 3.63) is 36.2 Å². The normalized spacial score (nSPS) is 18.8. The van der Waals surface area contributed by atoms with Crippen LogP contribution in [-0.4, -0.2) is 14.3 Å². The Kier molecular flexibility index (Phi) is 4.20. The number of nitrogens with two attached hydrogens (primary N) is 1. The summed E-state index contributed by atoms with van der Waals surface area (Å²) >= 11 is 0. The van der Waals surface area contributed by atoms with Gasteiger partial charge in [-0.2, -0.15) is 0 Å². The average Bonchev–Trinajstić information content (AvgIpc) is 2.41. The van der Waals surface area contributed by atoms with E-state index in [1.165, 1.54) is 0 Å². The number of hydrogen-bond acceptors (Lipinski definition) is 3. The second-order valence-corrected chi connectivity index (χ2v) is 6.22. The van der Waals surface area contributed by atoms with E-state index in [1.807, 2.05) is 12.2 Å². The van der Waals surface area contributed by atoms with Crippen molar-refractivity contribution >= 4 is 21.6 Å². The molecule has 5 nitrogen and oxygen atoms in total. The predicted octanol–water partition coefficient (Wildman–Crippen LogP) is 1.77. The molecule has 2 rings (SSSR count). The summed E-state index contributed by atoms with van der Waals surface area (Å²) in [5.41, 5.74) is -0.170. The predicted molar refractivity (Wildman–Crippen MR) is 72.9 cm³/mol. The van der Waals surface area contributed by atoms with Crippen molar-refractivity contribution in [3.63, 3.8) is 0 Å². The molecule has 0 heterocycles. The quantitative estimate of drug-likeness (QED) is 0.833. The summed E-state index contributed by atoms with van der Waals surface area (Å²) in [6.07, 6.45) is 6.00. The van der Waals surface area contributed by atoms with Gasteiger partial charge in [-0.15, -0.1) is 0 Å². The van der Waals surface area contributed by atoms with E-state index in [0.717, 1.165) is 24.6 Å². The van der Waals surface area contributed by atoms with Crippen LogP contribution in [0.4, 0.5) is 10.1 Å². The molecular formula is C13H15FN2O3S. The molecule has 1 atom stereocenters. The number of primary sulfonamides is 1. The number of sulfonamides is 1. The SMILES string of the molecule is NS(=O)(=O)c1ccc(F)c(NC(=O)C2CC=CCC2)c1. The highest BCUT2D eigenvalue weighted by atomic mass is 32.2. The Balaban J connectivity index is 2.20. The Labute approximate surface area is 116 Å². The zero-order valence-corrected chi connectivity index (χ0v) is 11.5. The lowest BCUT2D eigenvalue weighted by atomic mass is 9.93. The number of nitrogens with one attached hydrogen (secondary N) is 1. The minimum absolute atomic E-state index is 0.170. The van der Waals surface area contributed by atoms with Crippen molar-refractivity contribution in [2.45, 2.75) is 24.2 Å². The number of amides is 1. The van der Waals surface area contributed by atoms with Gasteiger partial charge in [-0.05, 0) is 37.5 Å². The molecule has 0 radical (unpaired) electrons. The molecule has 7 heteroatoms. The fraction of sp³-hybridized carbons (Fsp3) is 0.308. The van der Waals surface area contributed by atoms with E-state index in [0.29, 0.717) is 12.8 Å². The third-order valence-corrected chi connectivity index (χ3v) is 4.08. The van der Waals surface area contributed by atoms with Gasteiger partial charge in [-0.3, -0.25) is 4.79 Å². The Morgan fingerprint density at radius 3 is 2.70 bits per heavy atom. The molecule has 1 aliphatic rings. The first-order valence-corrected chi connectivity index (χ1v) is 7.71. The molecule has 0 aliphatic heterocycles. The first-order chi connectivity index (χ1) is 9.38. The molecule has 1 unspecified atom stereocenters. The van der Waals surface area contributed by atoms with Gasteiger partial charge in [-0.25, -0.2) is 17.9 Å². The molecule has 0 saturated carbocycles. The van der Waals surface area contributed by atoms with Crippen LogP contribution >= 0.6 is 0 Å². The second-order valence-electron chi connectivity index (χ2n) is 4.66. The van der Waals surface area contributed by atoms with Gasteiger partial charge in [0.1, 0.15) is 5.82 Å². The molecule has 3 N–H and O–H groups in total. The Hall–Kier alpha value is -1.73. The van der Waals surface area contributed by atoms with Crippen molar-refractivity contribution < 1.29 is 17.6 Å². The highest BCUT2D eigenvalue weighted by molar-refractivity contribution is 7.89. The Bertz CT molecular complexity index is 656. The zero-order chi connectivity index (χ0) is 14.8. The van der Waals surface area contributed by atoms with Crippen LogP contribution in [0.3, 0.4) is 0 Å². The van der Waals surface area contributed by atoms with Crippen LogP contribution in [0.5, 0.6) is 0 Å². The first kappa shape index (κ1) is 14.7. The molecule has 20 heavy (non-hydrogen) atoms. The monoisotopic (exact) mass is 298 g/mol. The number of carbonyl (C=O) groups excluding carboxylic acids is 1. The van der Waals surface area contributed by atoms with E-state index in [1.54, 1.807) is 0 Å². The van der Waals surface area contributed by atoms with Crippen LogP contribution in [0.25, 0.3) is 0 Å². The van der Waals surface area contributed by atoms with Gasteiger partial charge in [-0.1, -0.05) is 12.2 Å². The van der Waals surface area contributed by atoms with Crippen LogP contribution < -0.4 is 10.5 Å². The number of allylic oxidation sites excluding steroid dienone is 2. The number of anilines is 1. The van der Waals surface area contributed by atoms with Crippen molar-refractivity contribution in [2.75, 3.05) is 5.32 Å². The summed E-state index contributed by atoms with van der Waals surface area (Å²) in [7, 11) is -3.93. The molecule has 0 saturated heterocycles. The van der Waals surface area contributed by atoms with Gasteiger partial charge in [0.25, 0.3) is 0 Å². The van der Waals surface area contributed by atoms with Crippen LogP contribution in [0.1, 0.15) is 19.3 Å². The van der Waals surface area contributed by atoms with Crippen LogP contribution in [0.15, 0.2) is 35.2 Å². The standard InChI is InChI=1S/C13H15FN2O3S/c14-11-7-6-10(20(15,18)19)8-12(11)16-13(17)9-4-2-1-3-5-9/h1-2,6-9H,3-5H2,(H,16,17)(H2,15,18,19). The third-order valence-electron chi connectivity index (χ3n) is 3.16. The molecule has 1 aromatic rings. The van der Waals surface area contributed by atoms with E-state index in [9.17, 15) is 17.6 Å². The molecule has 0 spiro atoms. The lowest BCUT2D eigenvalue weighted by Gasteiger charge is -2.17. The van der Waals surface area contributed by atoms with Gasteiger partial charge in [0.15, 0.2) is 0 Å². The molecule has 0 aromatic heterocycles. The third kappa shape index (κ3) is 3.43. The van der Waals surface area contributed by atoms with Crippen molar-refractivity contribution in [2.24, 2.45) is 11.1 Å². The minimum atomic E-state index is -3.93. The topological polar surface area (TPSA) is 89.3 Å². The Morgan fingerprint density at radius 2 is 2.10 bits per heavy atom. The summed E-state index contributed by atoms with van der Waals surface area (Å²) in [5, 5.41) is 7.40. The van der Waals surface area contributed by atoms with E-state index in [4.69, 9.17) is 5.14 Å². The molecule has 1 aromatic carbocycles. The summed E-state index contributed by atoms with van der Waals surface area (Å²) < 4.78 is 36.1. The molecular weight excluding hydrogens is 283 g/mol. The fourth-order valence-corrected chi connectivity index (χ4v) is 2.58. The average molecular weight is 298 g/mol. The van der Waals surface area contributed by atoms with Crippen molar-refractivity contribution in [3.8, 4) is 0 Å². The van der Waals surface area contributed by atoms with Crippen LogP contribution in [-0.2, 0) is 14.8 Å². The first-order valence-electron chi connectivity index (χ1n) is 6.16. The van der Waals surface area contributed by atoms with Crippen molar-refractivity contribution in [1.29, 1.82) is 0 Å². The maximum Gasteiger partial charge on any atom is 0.238 e. The maximum atomic E-state index is 13.6. The fourth-order valence-electron chi connectivity index (χ4n) is 2.04. The van der Waals surface area contributed by atoms with Gasteiger partial charge in [0, 0.05) is 5.92 Å². The largest absolute Gasteiger partial charge is 0.323 e. The van der Waals surface area contributed by atoms with Crippen LogP contribution in [0, 0.1) is 11.7 Å². The summed E-state index contributed by atoms with van der Waals surface area (Å²) in [4.78, 5) is 11.8. The van der Waals surface area contributed by atoms with Crippen molar-refractivity contribution in [1.82, 2.24) is 0 Å². The van der Waals surface area contributed by atoms with E-state index in [2.05, 4.69) is 5.32 Å². The lowest BCUT2D eigenvalue weighted by molar-refractivity contribution is -0.120. The summed E-state index contributed by atoms with van der Waals surface area (Å²) in [6.45, 7) is 0. The molecule has 0 fully saturated rings. The number of carbonyl (C=O) groups is 1. The van der Waals surface area contributed by atoms with E-state index >= 15 is 0 Å². The number of rotatable bonds is 3. The van der Waals surface area contributed by atoms with Gasteiger partial charge < -0.3 is 5.32 Å². The van der Waals surface area contributed by atoms with Gasteiger partial charge in [0.05, 0.1) is 10.6 Å². The minimum Gasteiger partial charge on any atom is -0.323 e. The number of hydrogen-bond donors (Lipinski definition) is 2. The highest BCUT2D eigenvalue weighted by Gasteiger charge is 2.20. The van der Waals surface area contributed by atoms with Gasteiger partial charge in [0.2, 0.25) is 15.9 Å². The van der Waals surface area contributed by atoms with E-state index in [-0.39, 0.29) is 22.4 Å². The summed E-state index contributed by atoms with van der Waals surface area (Å²) in [5.74, 6) is -1.24. The summed E-state index contributed by atoms with van der Waals surface area (Å²) in [6, 6.07) is 3.06. The smallest absolute Gasteiger partial charge is 0.238 e. The molecule has 0 bridgehead atoms. The number of halogens is 1. The highest BCUT2D eigenvalue weighted by Crippen LogP contribution is 2.23. The van der Waals surface area contributed by atoms with Gasteiger partial charge >= 0.3 is 0 Å². The maximum absolute atomic E-state index is 13.6. The Morgan fingerprint density at radius 1 is 1.35 bits per heavy atom. The molecule has 108 valence electrons. The zero-order valence-electron chi connectivity index (χ0n) is 10.7. The van der Waals surface area contributed by atoms with E-state index < -0.39 is 15.8 Å². The molecule has 1 aliphatic carbocycles. The molecule has 1 amide bonds. The van der Waals surface area contributed by atoms with Crippen LogP contribution in [0.2, 0.25) is 0 Å².